The largest absolute Gasteiger partial charge is 0.481 e. The summed E-state index contributed by atoms with van der Waals surface area (Å²) >= 11 is 0. The predicted molar refractivity (Wildman–Crippen MR) is 53.5 cm³/mol. The lowest BCUT2D eigenvalue weighted by molar-refractivity contribution is -0.134. The molecule has 74 valence electrons. The van der Waals surface area contributed by atoms with Gasteiger partial charge in [0.2, 0.25) is 0 Å². The molecule has 1 aliphatic heterocycles. The van der Waals surface area contributed by atoms with Crippen LogP contribution in [-0.2, 0) is 4.79 Å². The van der Waals surface area contributed by atoms with Crippen LogP contribution in [0.5, 0.6) is 0 Å². The first-order chi connectivity index (χ1) is 6.06. The fraction of sp³-hybridized carbons (Fsp3) is 0.500. The number of hydrogen-bond acceptors (Lipinski definition) is 2. The highest BCUT2D eigenvalue weighted by atomic mass is 16.4. The third-order valence-corrected chi connectivity index (χ3v) is 1.54. The van der Waals surface area contributed by atoms with Crippen LogP contribution in [0.1, 0.15) is 20.8 Å². The monoisotopic (exact) mass is 183 g/mol. The van der Waals surface area contributed by atoms with Gasteiger partial charge in [0.15, 0.2) is 0 Å². The summed E-state index contributed by atoms with van der Waals surface area (Å²) in [6, 6.07) is 0. The van der Waals surface area contributed by atoms with Gasteiger partial charge in [-0.1, -0.05) is 11.6 Å². The highest BCUT2D eigenvalue weighted by molar-refractivity contribution is 5.62. The van der Waals surface area contributed by atoms with Gasteiger partial charge in [-0.05, 0) is 26.1 Å². The minimum atomic E-state index is -0.833. The lowest BCUT2D eigenvalue weighted by atomic mass is 10.2. The normalized spacial score (nSPS) is 14.4. The van der Waals surface area contributed by atoms with Crippen LogP contribution in [-0.4, -0.2) is 29.1 Å². The highest BCUT2D eigenvalue weighted by Gasteiger charge is 1.98. The zero-order valence-corrected chi connectivity index (χ0v) is 8.45. The molecular weight excluding hydrogens is 166 g/mol. The third kappa shape index (κ3) is 7.12. The molecule has 0 saturated carbocycles. The van der Waals surface area contributed by atoms with Crippen molar-refractivity contribution in [3.63, 3.8) is 0 Å². The van der Waals surface area contributed by atoms with Crippen molar-refractivity contribution in [2.75, 3.05) is 13.1 Å². The standard InChI is InChI=1S/C8H13N.C2H4O2/c1-3-9-6-4-5-8(2)7-9;1-2(3)4/h4-6H,3,7H2,1-2H3;1H3,(H,3,4). The van der Waals surface area contributed by atoms with Crippen LogP contribution >= 0.6 is 0 Å². The van der Waals surface area contributed by atoms with Gasteiger partial charge in [0.1, 0.15) is 0 Å². The van der Waals surface area contributed by atoms with E-state index in [1.54, 1.807) is 0 Å². The summed E-state index contributed by atoms with van der Waals surface area (Å²) in [7, 11) is 0. The topological polar surface area (TPSA) is 40.5 Å². The van der Waals surface area contributed by atoms with E-state index in [0.717, 1.165) is 20.0 Å². The Kier molecular flexibility index (Phi) is 5.68. The van der Waals surface area contributed by atoms with E-state index in [9.17, 15) is 0 Å². The lowest BCUT2D eigenvalue weighted by Gasteiger charge is -2.20. The molecule has 0 aliphatic carbocycles. The Balaban J connectivity index is 0.000000310. The highest BCUT2D eigenvalue weighted by Crippen LogP contribution is 2.04. The van der Waals surface area contributed by atoms with Gasteiger partial charge in [0, 0.05) is 20.0 Å². The Morgan fingerprint density at radius 1 is 1.69 bits per heavy atom. The van der Waals surface area contributed by atoms with Crippen molar-refractivity contribution >= 4 is 5.97 Å². The van der Waals surface area contributed by atoms with Gasteiger partial charge >= 0.3 is 0 Å². The van der Waals surface area contributed by atoms with Crippen molar-refractivity contribution in [2.24, 2.45) is 0 Å². The molecule has 1 heterocycles. The smallest absolute Gasteiger partial charge is 0.300 e. The summed E-state index contributed by atoms with van der Waals surface area (Å²) in [4.78, 5) is 11.3. The fourth-order valence-corrected chi connectivity index (χ4v) is 0.972. The van der Waals surface area contributed by atoms with Crippen LogP contribution in [0, 0.1) is 0 Å². The molecule has 3 heteroatoms. The fourth-order valence-electron chi connectivity index (χ4n) is 0.972. The molecule has 0 bridgehead atoms. The number of allylic oxidation sites excluding steroid dienone is 2. The van der Waals surface area contributed by atoms with E-state index in [4.69, 9.17) is 9.90 Å². The van der Waals surface area contributed by atoms with Crippen molar-refractivity contribution < 1.29 is 9.90 Å². The molecule has 13 heavy (non-hydrogen) atoms. The summed E-state index contributed by atoms with van der Waals surface area (Å²) in [5.41, 5.74) is 1.44. The zero-order valence-electron chi connectivity index (χ0n) is 8.45. The molecule has 1 N–H and O–H groups in total. The number of nitrogens with zero attached hydrogens (tertiary/aromatic N) is 1. The first-order valence-corrected chi connectivity index (χ1v) is 4.33. The number of likely N-dealkylation sites (N-methyl/N-ethyl adjacent to an activating group) is 1. The summed E-state index contributed by atoms with van der Waals surface area (Å²) in [5, 5.41) is 7.42. The van der Waals surface area contributed by atoms with E-state index in [1.165, 1.54) is 5.57 Å². The first-order valence-electron chi connectivity index (χ1n) is 4.33. The van der Waals surface area contributed by atoms with Gasteiger partial charge in [-0.3, -0.25) is 4.79 Å². The first kappa shape index (κ1) is 11.8. The van der Waals surface area contributed by atoms with Crippen LogP contribution in [0.4, 0.5) is 0 Å². The molecule has 0 aromatic rings. The SMILES string of the molecule is CC(=O)O.CCN1C=CC=C(C)C1. The zero-order chi connectivity index (χ0) is 10.3. The molecule has 1 aliphatic rings. The second-order valence-corrected chi connectivity index (χ2v) is 2.94. The van der Waals surface area contributed by atoms with Gasteiger partial charge in [-0.2, -0.15) is 0 Å². The molecule has 0 unspecified atom stereocenters. The van der Waals surface area contributed by atoms with E-state index < -0.39 is 5.97 Å². The molecule has 0 radical (unpaired) electrons. The van der Waals surface area contributed by atoms with E-state index in [-0.39, 0.29) is 0 Å². The molecule has 1 rings (SSSR count). The Hall–Kier alpha value is -1.25. The van der Waals surface area contributed by atoms with Gasteiger partial charge in [0.25, 0.3) is 5.97 Å². The second kappa shape index (κ2) is 6.29. The number of rotatable bonds is 1. The Bertz CT molecular complexity index is 215. The summed E-state index contributed by atoms with van der Waals surface area (Å²) < 4.78 is 0. The molecule has 0 fully saturated rings. The van der Waals surface area contributed by atoms with Crippen LogP contribution in [0.3, 0.4) is 0 Å². The number of aliphatic carboxylic acids is 1. The molecule has 3 nitrogen and oxygen atoms in total. The molecule has 0 spiro atoms. The average molecular weight is 183 g/mol. The van der Waals surface area contributed by atoms with Gasteiger partial charge < -0.3 is 10.0 Å². The lowest BCUT2D eigenvalue weighted by Crippen LogP contribution is -2.20. The Morgan fingerprint density at radius 2 is 2.23 bits per heavy atom. The molecule has 0 amide bonds. The quantitative estimate of drug-likeness (QED) is 0.674. The number of carboxylic acids is 1. The minimum Gasteiger partial charge on any atom is -0.481 e. The maximum absolute atomic E-state index is 9.00. The predicted octanol–water partition coefficient (Wildman–Crippen LogP) is 1.87. The number of carbonyl (C=O) groups is 1. The van der Waals surface area contributed by atoms with Crippen LogP contribution in [0.15, 0.2) is 23.9 Å². The molecule has 0 atom stereocenters. The summed E-state index contributed by atoms with van der Waals surface area (Å²) in [5.74, 6) is -0.833. The summed E-state index contributed by atoms with van der Waals surface area (Å²) in [6.07, 6.45) is 6.39. The van der Waals surface area contributed by atoms with Gasteiger partial charge in [-0.15, -0.1) is 0 Å². The molecular formula is C10H17NO2. The maximum Gasteiger partial charge on any atom is 0.300 e. The van der Waals surface area contributed by atoms with Gasteiger partial charge in [0.05, 0.1) is 0 Å². The molecule has 0 aromatic carbocycles. The van der Waals surface area contributed by atoms with Crippen LogP contribution in [0.25, 0.3) is 0 Å². The van der Waals surface area contributed by atoms with Crippen LogP contribution < -0.4 is 0 Å². The second-order valence-electron chi connectivity index (χ2n) is 2.94. The molecule has 0 saturated heterocycles. The van der Waals surface area contributed by atoms with Crippen molar-refractivity contribution in [3.8, 4) is 0 Å². The van der Waals surface area contributed by atoms with Gasteiger partial charge in [-0.25, -0.2) is 0 Å². The summed E-state index contributed by atoms with van der Waals surface area (Å²) in [6.45, 7) is 7.63. The van der Waals surface area contributed by atoms with E-state index in [0.29, 0.717) is 0 Å². The number of hydrogen-bond donors (Lipinski definition) is 1. The van der Waals surface area contributed by atoms with E-state index >= 15 is 0 Å². The maximum atomic E-state index is 9.00. The minimum absolute atomic E-state index is 0.833. The van der Waals surface area contributed by atoms with Crippen molar-refractivity contribution in [1.29, 1.82) is 0 Å². The van der Waals surface area contributed by atoms with E-state index in [2.05, 4.69) is 37.1 Å². The van der Waals surface area contributed by atoms with Crippen LogP contribution in [0.2, 0.25) is 0 Å². The third-order valence-electron chi connectivity index (χ3n) is 1.54. The van der Waals surface area contributed by atoms with E-state index in [1.807, 2.05) is 0 Å². The Morgan fingerprint density at radius 3 is 2.54 bits per heavy atom. The van der Waals surface area contributed by atoms with Crippen molar-refractivity contribution in [1.82, 2.24) is 4.90 Å². The van der Waals surface area contributed by atoms with Crippen molar-refractivity contribution in [2.45, 2.75) is 20.8 Å². The Labute approximate surface area is 79.4 Å². The number of carboxylic acid groups (broad SMARTS) is 1. The van der Waals surface area contributed by atoms with Crippen molar-refractivity contribution in [3.05, 3.63) is 23.9 Å². The average Bonchev–Trinajstić information content (AvgIpc) is 2.03. The molecule has 0 aromatic heterocycles.